The fraction of sp³-hybridized carbons (Fsp3) is 0.200. The average molecular weight is 417 g/mol. The van der Waals surface area contributed by atoms with Gasteiger partial charge in [0.1, 0.15) is 12.4 Å². The van der Waals surface area contributed by atoms with E-state index >= 15 is 0 Å². The minimum atomic E-state index is -0.381. The van der Waals surface area contributed by atoms with Crippen LogP contribution >= 0.6 is 0 Å². The molecule has 0 radical (unpaired) electrons. The highest BCUT2D eigenvalue weighted by Crippen LogP contribution is 2.41. The monoisotopic (exact) mass is 417 g/mol. The molecule has 6 nitrogen and oxygen atoms in total. The normalized spacial score (nSPS) is 12.5. The average Bonchev–Trinajstić information content (AvgIpc) is 2.82. The summed E-state index contributed by atoms with van der Waals surface area (Å²) < 4.78 is 16.5. The first-order chi connectivity index (χ1) is 15.1. The molecule has 0 bridgehead atoms. The molecule has 0 spiro atoms. The predicted molar refractivity (Wildman–Crippen MR) is 120 cm³/mol. The van der Waals surface area contributed by atoms with Crippen molar-refractivity contribution >= 4 is 17.3 Å². The van der Waals surface area contributed by atoms with Crippen LogP contribution in [-0.2, 0) is 13.0 Å². The fourth-order valence-corrected chi connectivity index (χ4v) is 3.79. The van der Waals surface area contributed by atoms with E-state index in [2.05, 4.69) is 6.07 Å². The number of rotatable bonds is 7. The van der Waals surface area contributed by atoms with Crippen molar-refractivity contribution in [2.45, 2.75) is 19.4 Å². The van der Waals surface area contributed by atoms with E-state index in [1.165, 1.54) is 20.3 Å². The molecule has 158 valence electrons. The molecule has 4 rings (SSSR count). The van der Waals surface area contributed by atoms with Crippen LogP contribution in [0.5, 0.6) is 17.2 Å². The van der Waals surface area contributed by atoms with Crippen molar-refractivity contribution in [1.82, 2.24) is 0 Å². The number of allylic oxidation sites excluding steroid dienone is 1. The smallest absolute Gasteiger partial charge is 0.280 e. The van der Waals surface area contributed by atoms with Gasteiger partial charge < -0.3 is 14.2 Å². The number of nitro benzene ring substituents is 1. The van der Waals surface area contributed by atoms with Gasteiger partial charge in [-0.3, -0.25) is 10.1 Å². The second kappa shape index (κ2) is 8.92. The van der Waals surface area contributed by atoms with E-state index in [1.807, 2.05) is 48.5 Å². The van der Waals surface area contributed by atoms with Gasteiger partial charge in [0, 0.05) is 0 Å². The van der Waals surface area contributed by atoms with E-state index in [4.69, 9.17) is 14.2 Å². The van der Waals surface area contributed by atoms with Crippen molar-refractivity contribution in [3.8, 4) is 17.2 Å². The molecule has 0 unspecified atom stereocenters. The third-order valence-corrected chi connectivity index (χ3v) is 5.40. The van der Waals surface area contributed by atoms with Gasteiger partial charge in [0.05, 0.1) is 30.8 Å². The number of nitrogens with zero attached hydrogens (tertiary/aromatic N) is 1. The summed E-state index contributed by atoms with van der Waals surface area (Å²) in [5.74, 6) is 1.63. The zero-order valence-electron chi connectivity index (χ0n) is 17.5. The second-order valence-corrected chi connectivity index (χ2v) is 7.29. The zero-order valence-corrected chi connectivity index (χ0v) is 17.5. The van der Waals surface area contributed by atoms with Gasteiger partial charge in [0.25, 0.3) is 5.69 Å². The number of benzene rings is 3. The fourth-order valence-electron chi connectivity index (χ4n) is 3.79. The van der Waals surface area contributed by atoms with E-state index in [0.717, 1.165) is 34.4 Å². The quantitative estimate of drug-likeness (QED) is 0.365. The summed E-state index contributed by atoms with van der Waals surface area (Å²) in [7, 11) is 2.99. The topological polar surface area (TPSA) is 70.8 Å². The Morgan fingerprint density at radius 2 is 1.68 bits per heavy atom. The van der Waals surface area contributed by atoms with Crippen LogP contribution in [0.1, 0.15) is 28.7 Å². The van der Waals surface area contributed by atoms with E-state index in [9.17, 15) is 10.1 Å². The SMILES string of the molecule is COc1cc(C2=Cc3ccc(OCc4ccccc4)cc3CC2)c([N+](=O)[O-])cc1OC. The maximum atomic E-state index is 11.7. The van der Waals surface area contributed by atoms with E-state index < -0.39 is 0 Å². The van der Waals surface area contributed by atoms with Crippen LogP contribution in [0.2, 0.25) is 0 Å². The standard InChI is InChI=1S/C25H23NO5/c1-29-24-14-22(23(26(27)28)15-25(24)30-2)20-9-8-19-13-21(11-10-18(19)12-20)31-16-17-6-4-3-5-7-17/h3-7,10-15H,8-9,16H2,1-2H3. The summed E-state index contributed by atoms with van der Waals surface area (Å²) in [6.45, 7) is 0.512. The van der Waals surface area contributed by atoms with Gasteiger partial charge in [-0.15, -0.1) is 0 Å². The molecule has 0 heterocycles. The molecule has 0 atom stereocenters. The Labute approximate surface area is 180 Å². The molecule has 0 fully saturated rings. The lowest BCUT2D eigenvalue weighted by Crippen LogP contribution is -2.04. The van der Waals surface area contributed by atoms with Gasteiger partial charge in [0.2, 0.25) is 0 Å². The number of methoxy groups -OCH3 is 2. The van der Waals surface area contributed by atoms with E-state index in [0.29, 0.717) is 30.1 Å². The first kappa shape index (κ1) is 20.5. The van der Waals surface area contributed by atoms with Crippen molar-refractivity contribution in [3.63, 3.8) is 0 Å². The van der Waals surface area contributed by atoms with E-state index in [-0.39, 0.29) is 10.6 Å². The largest absolute Gasteiger partial charge is 0.493 e. The molecular weight excluding hydrogens is 394 g/mol. The van der Waals surface area contributed by atoms with Gasteiger partial charge in [-0.2, -0.15) is 0 Å². The van der Waals surface area contributed by atoms with Crippen molar-refractivity contribution in [1.29, 1.82) is 0 Å². The first-order valence-electron chi connectivity index (χ1n) is 10.00. The van der Waals surface area contributed by atoms with Crippen LogP contribution in [0.4, 0.5) is 5.69 Å². The Balaban J connectivity index is 1.62. The predicted octanol–water partition coefficient (Wildman–Crippen LogP) is 5.68. The van der Waals surface area contributed by atoms with Crippen molar-refractivity contribution in [3.05, 3.63) is 93.0 Å². The molecule has 6 heteroatoms. The Morgan fingerprint density at radius 1 is 0.935 bits per heavy atom. The Bertz CT molecular complexity index is 1140. The highest BCUT2D eigenvalue weighted by molar-refractivity contribution is 5.88. The Hall–Kier alpha value is -3.80. The van der Waals surface area contributed by atoms with Crippen molar-refractivity contribution < 1.29 is 19.1 Å². The number of hydrogen-bond acceptors (Lipinski definition) is 5. The van der Waals surface area contributed by atoms with Gasteiger partial charge in [0.15, 0.2) is 11.5 Å². The number of hydrogen-bond donors (Lipinski definition) is 0. The highest BCUT2D eigenvalue weighted by atomic mass is 16.6. The van der Waals surface area contributed by atoms with Crippen molar-refractivity contribution in [2.75, 3.05) is 14.2 Å². The second-order valence-electron chi connectivity index (χ2n) is 7.29. The van der Waals surface area contributed by atoms with E-state index in [1.54, 1.807) is 6.07 Å². The molecule has 1 aliphatic rings. The highest BCUT2D eigenvalue weighted by Gasteiger charge is 2.24. The minimum Gasteiger partial charge on any atom is -0.493 e. The van der Waals surface area contributed by atoms with Gasteiger partial charge in [-0.1, -0.05) is 42.5 Å². The molecule has 0 amide bonds. The third-order valence-electron chi connectivity index (χ3n) is 5.40. The molecule has 0 aliphatic heterocycles. The Morgan fingerprint density at radius 3 is 2.39 bits per heavy atom. The van der Waals surface area contributed by atoms with Crippen LogP contribution in [0.3, 0.4) is 0 Å². The molecular formula is C25H23NO5. The number of aryl methyl sites for hydroxylation is 1. The van der Waals surface area contributed by atoms with Crippen LogP contribution in [0.15, 0.2) is 60.7 Å². The van der Waals surface area contributed by atoms with Crippen molar-refractivity contribution in [2.24, 2.45) is 0 Å². The summed E-state index contributed by atoms with van der Waals surface area (Å²) >= 11 is 0. The summed E-state index contributed by atoms with van der Waals surface area (Å²) in [6.07, 6.45) is 3.47. The number of nitro groups is 1. The number of fused-ring (bicyclic) bond motifs is 1. The summed E-state index contributed by atoms with van der Waals surface area (Å²) in [6, 6.07) is 19.1. The van der Waals surface area contributed by atoms with Gasteiger partial charge in [-0.25, -0.2) is 0 Å². The molecule has 3 aromatic carbocycles. The lowest BCUT2D eigenvalue weighted by molar-refractivity contribution is -0.385. The maximum absolute atomic E-state index is 11.7. The molecule has 3 aromatic rings. The Kier molecular flexibility index (Phi) is 5.89. The van der Waals surface area contributed by atoms with Crippen LogP contribution < -0.4 is 14.2 Å². The lowest BCUT2D eigenvalue weighted by atomic mass is 9.88. The zero-order chi connectivity index (χ0) is 21.8. The minimum absolute atomic E-state index is 0.00941. The van der Waals surface area contributed by atoms with Crippen LogP contribution in [0.25, 0.3) is 11.6 Å². The van der Waals surface area contributed by atoms with Crippen LogP contribution in [-0.4, -0.2) is 19.1 Å². The molecule has 0 saturated carbocycles. The number of ether oxygens (including phenoxy) is 3. The summed E-state index contributed by atoms with van der Waals surface area (Å²) in [4.78, 5) is 11.3. The first-order valence-corrected chi connectivity index (χ1v) is 10.00. The summed E-state index contributed by atoms with van der Waals surface area (Å²) in [5.41, 5.74) is 4.78. The molecule has 0 N–H and O–H groups in total. The van der Waals surface area contributed by atoms with Gasteiger partial charge >= 0.3 is 0 Å². The maximum Gasteiger partial charge on any atom is 0.280 e. The molecule has 1 aliphatic carbocycles. The van der Waals surface area contributed by atoms with Crippen LogP contribution in [0, 0.1) is 10.1 Å². The molecule has 0 aromatic heterocycles. The third kappa shape index (κ3) is 4.38. The summed E-state index contributed by atoms with van der Waals surface area (Å²) in [5, 5.41) is 11.7. The lowest BCUT2D eigenvalue weighted by Gasteiger charge is -2.19. The molecule has 0 saturated heterocycles. The molecule has 31 heavy (non-hydrogen) atoms. The van der Waals surface area contributed by atoms with Gasteiger partial charge in [-0.05, 0) is 53.3 Å².